The van der Waals surface area contributed by atoms with Gasteiger partial charge in [-0.25, -0.2) is 4.79 Å². The van der Waals surface area contributed by atoms with Gasteiger partial charge in [-0.3, -0.25) is 9.59 Å². The van der Waals surface area contributed by atoms with Gasteiger partial charge in [0.25, 0.3) is 11.7 Å². The molecule has 32 heavy (non-hydrogen) atoms. The van der Waals surface area contributed by atoms with Gasteiger partial charge in [0.1, 0.15) is 11.5 Å². The molecule has 0 aromatic heterocycles. The molecule has 0 aliphatic carbocycles. The lowest BCUT2D eigenvalue weighted by Gasteiger charge is -2.26. The van der Waals surface area contributed by atoms with Gasteiger partial charge in [0, 0.05) is 18.7 Å². The van der Waals surface area contributed by atoms with Crippen molar-refractivity contribution in [3.63, 3.8) is 0 Å². The molecule has 0 unspecified atom stereocenters. The number of rotatable bonds is 7. The van der Waals surface area contributed by atoms with Crippen molar-refractivity contribution in [1.29, 1.82) is 0 Å². The minimum atomic E-state index is -0.798. The third kappa shape index (κ3) is 4.50. The molecular weight excluding hydrogens is 412 g/mol. The zero-order valence-corrected chi connectivity index (χ0v) is 18.5. The van der Waals surface area contributed by atoms with Crippen LogP contribution in [0.4, 0.5) is 0 Å². The van der Waals surface area contributed by atoms with Gasteiger partial charge in [0.05, 0.1) is 31.4 Å². The Bertz CT molecular complexity index is 1060. The highest BCUT2D eigenvalue weighted by Crippen LogP contribution is 2.39. The van der Waals surface area contributed by atoms with E-state index in [2.05, 4.69) is 0 Å². The van der Waals surface area contributed by atoms with Gasteiger partial charge < -0.3 is 24.4 Å². The van der Waals surface area contributed by atoms with Gasteiger partial charge in [-0.1, -0.05) is 24.3 Å². The summed E-state index contributed by atoms with van der Waals surface area (Å²) >= 11 is 0. The number of likely N-dealkylation sites (N-methyl/N-ethyl adjacent to an activating group) is 1. The Morgan fingerprint density at radius 1 is 1.06 bits per heavy atom. The molecule has 168 valence electrons. The van der Waals surface area contributed by atoms with Crippen LogP contribution in [0.25, 0.3) is 5.76 Å². The van der Waals surface area contributed by atoms with Crippen molar-refractivity contribution in [1.82, 2.24) is 9.80 Å². The van der Waals surface area contributed by atoms with E-state index in [0.717, 1.165) is 0 Å². The number of ether oxygens (including phenoxy) is 2. The maximum atomic E-state index is 13.0. The summed E-state index contributed by atoms with van der Waals surface area (Å²) in [5.41, 5.74) is 1.30. The first-order chi connectivity index (χ1) is 15.3. The van der Waals surface area contributed by atoms with Crippen LogP contribution >= 0.6 is 0 Å². The van der Waals surface area contributed by atoms with Crippen molar-refractivity contribution < 1.29 is 29.0 Å². The summed E-state index contributed by atoms with van der Waals surface area (Å²) in [6.45, 7) is 0.818. The van der Waals surface area contributed by atoms with Crippen LogP contribution in [-0.2, 0) is 14.3 Å². The van der Waals surface area contributed by atoms with Crippen LogP contribution in [0.2, 0.25) is 0 Å². The predicted octanol–water partition coefficient (Wildman–Crippen LogP) is 2.47. The molecule has 0 spiro atoms. The van der Waals surface area contributed by atoms with E-state index < -0.39 is 23.7 Å². The molecular formula is C24H26N2O6. The quantitative estimate of drug-likeness (QED) is 0.307. The molecule has 1 N–H and O–H groups in total. The van der Waals surface area contributed by atoms with Gasteiger partial charge >= 0.3 is 5.97 Å². The number of ketones is 1. The molecule has 1 amide bonds. The third-order valence-electron chi connectivity index (χ3n) is 5.32. The van der Waals surface area contributed by atoms with Crippen LogP contribution in [0, 0.1) is 0 Å². The molecule has 2 aromatic carbocycles. The van der Waals surface area contributed by atoms with E-state index in [4.69, 9.17) is 9.47 Å². The number of esters is 1. The Morgan fingerprint density at radius 2 is 1.75 bits per heavy atom. The van der Waals surface area contributed by atoms with Crippen LogP contribution in [-0.4, -0.2) is 74.0 Å². The molecule has 0 saturated carbocycles. The largest absolute Gasteiger partial charge is 0.507 e. The maximum absolute atomic E-state index is 13.0. The number of hydrogen-bond acceptors (Lipinski definition) is 7. The number of carbonyl (C=O) groups is 3. The SMILES string of the molecule is COC(=O)c1ccc([C@@H]2/C(=C(\O)c3cccc(OC)c3)C(=O)C(=O)N2CCN(C)C)cc1. The molecule has 1 atom stereocenters. The monoisotopic (exact) mass is 438 g/mol. The van der Waals surface area contributed by atoms with E-state index in [1.54, 1.807) is 48.5 Å². The zero-order valence-electron chi connectivity index (χ0n) is 18.5. The molecule has 0 bridgehead atoms. The normalized spacial score (nSPS) is 17.7. The first-order valence-electron chi connectivity index (χ1n) is 10.0. The average molecular weight is 438 g/mol. The first-order valence-corrected chi connectivity index (χ1v) is 10.0. The van der Waals surface area contributed by atoms with E-state index in [1.807, 2.05) is 19.0 Å². The second-order valence-electron chi connectivity index (χ2n) is 7.64. The molecule has 3 rings (SSSR count). The number of hydrogen-bond donors (Lipinski definition) is 1. The molecule has 1 heterocycles. The van der Waals surface area contributed by atoms with Crippen molar-refractivity contribution in [3.8, 4) is 5.75 Å². The molecule has 1 aliphatic heterocycles. The smallest absolute Gasteiger partial charge is 0.337 e. The summed E-state index contributed by atoms with van der Waals surface area (Å²) in [5.74, 6) is -1.70. The molecule has 1 saturated heterocycles. The lowest BCUT2D eigenvalue weighted by molar-refractivity contribution is -0.140. The Hall–Kier alpha value is -3.65. The minimum absolute atomic E-state index is 0.00664. The number of nitrogens with zero attached hydrogens (tertiary/aromatic N) is 2. The second kappa shape index (κ2) is 9.65. The number of aliphatic hydroxyl groups excluding tert-OH is 1. The van der Waals surface area contributed by atoms with Gasteiger partial charge in [0.15, 0.2) is 0 Å². The van der Waals surface area contributed by atoms with Crippen LogP contribution in [0.5, 0.6) is 5.75 Å². The standard InChI is InChI=1S/C24H26N2O6/c1-25(2)12-13-26-20(15-8-10-16(11-9-15)24(30)32-4)19(22(28)23(26)29)21(27)17-6-5-7-18(14-17)31-3/h5-11,14,20,27H,12-13H2,1-4H3/b21-19+/t20-/m1/s1. The second-order valence-corrected chi connectivity index (χ2v) is 7.64. The van der Waals surface area contributed by atoms with Crippen molar-refractivity contribution in [2.75, 3.05) is 41.4 Å². The van der Waals surface area contributed by atoms with Crippen LogP contribution in [0.15, 0.2) is 54.1 Å². The number of Topliss-reactive ketones (excluding diaryl/α,β-unsaturated/α-hetero) is 1. The van der Waals surface area contributed by atoms with Gasteiger partial charge in [-0.15, -0.1) is 0 Å². The number of benzene rings is 2. The Morgan fingerprint density at radius 3 is 2.34 bits per heavy atom. The number of methoxy groups -OCH3 is 2. The number of aliphatic hydroxyl groups is 1. The van der Waals surface area contributed by atoms with Crippen molar-refractivity contribution >= 4 is 23.4 Å². The number of carbonyl (C=O) groups excluding carboxylic acids is 3. The number of likely N-dealkylation sites (tertiary alicyclic amines) is 1. The average Bonchev–Trinajstić information content (AvgIpc) is 3.06. The highest BCUT2D eigenvalue weighted by atomic mass is 16.5. The van der Waals surface area contributed by atoms with E-state index in [-0.39, 0.29) is 17.9 Å². The molecule has 8 nitrogen and oxygen atoms in total. The molecule has 2 aromatic rings. The maximum Gasteiger partial charge on any atom is 0.337 e. The summed E-state index contributed by atoms with van der Waals surface area (Å²) in [4.78, 5) is 41.1. The van der Waals surface area contributed by atoms with Gasteiger partial charge in [0.2, 0.25) is 0 Å². The minimum Gasteiger partial charge on any atom is -0.507 e. The number of amides is 1. The lowest BCUT2D eigenvalue weighted by Crippen LogP contribution is -2.35. The molecule has 0 radical (unpaired) electrons. The fourth-order valence-electron chi connectivity index (χ4n) is 3.61. The summed E-state index contributed by atoms with van der Waals surface area (Å²) in [6.07, 6.45) is 0. The van der Waals surface area contributed by atoms with Crippen molar-refractivity contribution in [3.05, 3.63) is 70.8 Å². The van der Waals surface area contributed by atoms with Crippen LogP contribution < -0.4 is 4.74 Å². The Balaban J connectivity index is 2.13. The van der Waals surface area contributed by atoms with Crippen LogP contribution in [0.1, 0.15) is 27.5 Å². The first kappa shape index (κ1) is 23.0. The van der Waals surface area contributed by atoms with Gasteiger partial charge in [-0.05, 0) is 43.9 Å². The third-order valence-corrected chi connectivity index (χ3v) is 5.32. The Labute approximate surface area is 186 Å². The van der Waals surface area contributed by atoms with Crippen molar-refractivity contribution in [2.45, 2.75) is 6.04 Å². The van der Waals surface area contributed by atoms with Crippen molar-refractivity contribution in [2.24, 2.45) is 0 Å². The topological polar surface area (TPSA) is 96.4 Å². The van der Waals surface area contributed by atoms with E-state index in [1.165, 1.54) is 19.1 Å². The highest BCUT2D eigenvalue weighted by molar-refractivity contribution is 6.46. The fraction of sp³-hybridized carbons (Fsp3) is 0.292. The lowest BCUT2D eigenvalue weighted by atomic mass is 9.94. The highest BCUT2D eigenvalue weighted by Gasteiger charge is 2.45. The molecule has 8 heteroatoms. The Kier molecular flexibility index (Phi) is 6.95. The summed E-state index contributed by atoms with van der Waals surface area (Å²) < 4.78 is 9.95. The van der Waals surface area contributed by atoms with E-state index in [0.29, 0.717) is 29.0 Å². The predicted molar refractivity (Wildman–Crippen MR) is 118 cm³/mol. The summed E-state index contributed by atoms with van der Waals surface area (Å²) in [5, 5.41) is 11.1. The zero-order chi connectivity index (χ0) is 23.4. The molecule has 1 aliphatic rings. The van der Waals surface area contributed by atoms with E-state index >= 15 is 0 Å². The molecule has 1 fully saturated rings. The van der Waals surface area contributed by atoms with E-state index in [9.17, 15) is 19.5 Å². The summed E-state index contributed by atoms with van der Waals surface area (Å²) in [6, 6.07) is 12.3. The fourth-order valence-corrected chi connectivity index (χ4v) is 3.61. The summed E-state index contributed by atoms with van der Waals surface area (Å²) in [7, 11) is 6.53. The van der Waals surface area contributed by atoms with Crippen LogP contribution in [0.3, 0.4) is 0 Å². The van der Waals surface area contributed by atoms with Gasteiger partial charge in [-0.2, -0.15) is 0 Å².